The van der Waals surface area contributed by atoms with Crippen LogP contribution in [-0.2, 0) is 4.79 Å². The lowest BCUT2D eigenvalue weighted by Crippen LogP contribution is -2.14. The van der Waals surface area contributed by atoms with E-state index in [0.29, 0.717) is 5.69 Å². The molecule has 0 saturated carbocycles. The van der Waals surface area contributed by atoms with Crippen LogP contribution in [0.2, 0.25) is 0 Å². The fraction of sp³-hybridized carbons (Fsp3) is 0.125. The van der Waals surface area contributed by atoms with Gasteiger partial charge in [0.05, 0.1) is 0 Å². The molecule has 0 aliphatic carbocycles. The number of anilines is 1. The Bertz CT molecular complexity index is 691. The number of H-pyrrole nitrogens is 1. The first-order chi connectivity index (χ1) is 9.60. The minimum absolute atomic E-state index is 0.0624. The van der Waals surface area contributed by atoms with Crippen molar-refractivity contribution in [2.24, 2.45) is 0 Å². The lowest BCUT2D eigenvalue weighted by atomic mass is 10.1. The summed E-state index contributed by atoms with van der Waals surface area (Å²) in [6.07, 6.45) is 3.27. The predicted octanol–water partition coefficient (Wildman–Crippen LogP) is 3.18. The fourth-order valence-electron chi connectivity index (χ4n) is 1.88. The van der Waals surface area contributed by atoms with E-state index in [2.05, 4.69) is 10.3 Å². The molecule has 0 bridgehead atoms. The molecule has 2 N–H and O–H groups in total. The van der Waals surface area contributed by atoms with Crippen LogP contribution in [0.1, 0.15) is 16.8 Å². The van der Waals surface area contributed by atoms with Crippen molar-refractivity contribution in [3.05, 3.63) is 58.9 Å². The molecule has 2 aromatic rings. The van der Waals surface area contributed by atoms with Crippen LogP contribution in [0.25, 0.3) is 6.08 Å². The lowest BCUT2D eigenvalue weighted by Gasteiger charge is -2.08. The second kappa shape index (κ2) is 5.89. The molecule has 4 heteroatoms. The molecule has 4 nitrogen and oxygen atoms in total. The number of benzene rings is 1. The van der Waals surface area contributed by atoms with Gasteiger partial charge in [0.15, 0.2) is 0 Å². The van der Waals surface area contributed by atoms with Crippen LogP contribution in [0.5, 0.6) is 0 Å². The number of amides is 1. The number of hydrogen-bond acceptors (Lipinski definition) is 2. The number of rotatable bonds is 3. The van der Waals surface area contributed by atoms with Crippen molar-refractivity contribution in [3.63, 3.8) is 0 Å². The van der Waals surface area contributed by atoms with E-state index in [0.717, 1.165) is 16.8 Å². The third-order valence-corrected chi connectivity index (χ3v) is 2.92. The van der Waals surface area contributed by atoms with Gasteiger partial charge in [-0.2, -0.15) is 5.26 Å². The molecule has 0 aliphatic rings. The first-order valence-electron chi connectivity index (χ1n) is 6.24. The fourth-order valence-corrected chi connectivity index (χ4v) is 1.88. The van der Waals surface area contributed by atoms with Crippen molar-refractivity contribution >= 4 is 17.7 Å². The maximum Gasteiger partial charge on any atom is 0.266 e. The van der Waals surface area contributed by atoms with E-state index >= 15 is 0 Å². The highest BCUT2D eigenvalue weighted by molar-refractivity contribution is 6.09. The Balaban J connectivity index is 2.20. The minimum atomic E-state index is -0.408. The maximum absolute atomic E-state index is 12.1. The van der Waals surface area contributed by atoms with Gasteiger partial charge in [-0.15, -0.1) is 0 Å². The van der Waals surface area contributed by atoms with Crippen molar-refractivity contribution < 1.29 is 4.79 Å². The van der Waals surface area contributed by atoms with Crippen LogP contribution < -0.4 is 5.32 Å². The van der Waals surface area contributed by atoms with Gasteiger partial charge in [-0.3, -0.25) is 4.79 Å². The maximum atomic E-state index is 12.1. The van der Waals surface area contributed by atoms with Gasteiger partial charge in [-0.25, -0.2) is 0 Å². The summed E-state index contributed by atoms with van der Waals surface area (Å²) in [5.41, 5.74) is 3.59. The zero-order valence-electron chi connectivity index (χ0n) is 11.4. The van der Waals surface area contributed by atoms with E-state index in [1.165, 1.54) is 6.08 Å². The second-order valence-corrected chi connectivity index (χ2v) is 4.57. The summed E-state index contributed by atoms with van der Waals surface area (Å²) in [5, 5.41) is 11.9. The molecule has 20 heavy (non-hydrogen) atoms. The van der Waals surface area contributed by atoms with E-state index in [1.54, 1.807) is 12.3 Å². The molecule has 1 aromatic heterocycles. The number of carbonyl (C=O) groups excluding carboxylic acids is 1. The molecule has 0 saturated heterocycles. The van der Waals surface area contributed by atoms with Crippen molar-refractivity contribution in [3.8, 4) is 6.07 Å². The van der Waals surface area contributed by atoms with Crippen molar-refractivity contribution in [2.75, 3.05) is 5.32 Å². The smallest absolute Gasteiger partial charge is 0.266 e. The Hall–Kier alpha value is -2.80. The Labute approximate surface area is 117 Å². The van der Waals surface area contributed by atoms with Crippen LogP contribution in [0.3, 0.4) is 0 Å². The number of carbonyl (C=O) groups is 1. The highest BCUT2D eigenvalue weighted by Gasteiger charge is 2.10. The molecular formula is C16H15N3O. The van der Waals surface area contributed by atoms with Crippen molar-refractivity contribution in [2.45, 2.75) is 13.8 Å². The first-order valence-corrected chi connectivity index (χ1v) is 6.24. The predicted molar refractivity (Wildman–Crippen MR) is 78.9 cm³/mol. The van der Waals surface area contributed by atoms with Gasteiger partial charge in [0, 0.05) is 17.6 Å². The molecule has 0 spiro atoms. The number of aromatic amines is 1. The molecule has 0 atom stereocenters. The van der Waals surface area contributed by atoms with E-state index in [-0.39, 0.29) is 5.57 Å². The van der Waals surface area contributed by atoms with Gasteiger partial charge in [0.25, 0.3) is 5.91 Å². The van der Waals surface area contributed by atoms with Crippen molar-refractivity contribution in [1.82, 2.24) is 4.98 Å². The number of nitrogens with zero attached hydrogens (tertiary/aromatic N) is 1. The molecule has 1 aromatic carbocycles. The third-order valence-electron chi connectivity index (χ3n) is 2.92. The van der Waals surface area contributed by atoms with Crippen LogP contribution >= 0.6 is 0 Å². The summed E-state index contributed by atoms with van der Waals surface area (Å²) in [6, 6.07) is 11.3. The average Bonchev–Trinajstić information content (AvgIpc) is 2.92. The van der Waals surface area contributed by atoms with Crippen LogP contribution in [0.4, 0.5) is 5.69 Å². The zero-order valence-corrected chi connectivity index (χ0v) is 11.4. The molecule has 0 unspecified atom stereocenters. The quantitative estimate of drug-likeness (QED) is 0.661. The Morgan fingerprint density at radius 2 is 2.15 bits per heavy atom. The molecule has 100 valence electrons. The van der Waals surface area contributed by atoms with Gasteiger partial charge in [0.2, 0.25) is 0 Å². The zero-order chi connectivity index (χ0) is 14.5. The summed E-state index contributed by atoms with van der Waals surface area (Å²) in [7, 11) is 0. The number of aryl methyl sites for hydroxylation is 2. The summed E-state index contributed by atoms with van der Waals surface area (Å²) in [6.45, 7) is 3.91. The molecular weight excluding hydrogens is 250 g/mol. The minimum Gasteiger partial charge on any atom is -0.362 e. The number of nitrogens with one attached hydrogen (secondary N) is 2. The van der Waals surface area contributed by atoms with Gasteiger partial charge in [-0.1, -0.05) is 17.7 Å². The van der Waals surface area contributed by atoms with Crippen molar-refractivity contribution in [1.29, 1.82) is 5.26 Å². The van der Waals surface area contributed by atoms with E-state index in [9.17, 15) is 4.79 Å². The summed E-state index contributed by atoms with van der Waals surface area (Å²) in [4.78, 5) is 15.0. The average molecular weight is 265 g/mol. The molecule has 0 aliphatic heterocycles. The second-order valence-electron chi connectivity index (χ2n) is 4.57. The molecule has 1 amide bonds. The Kier molecular flexibility index (Phi) is 4.02. The number of hydrogen-bond donors (Lipinski definition) is 2. The van der Waals surface area contributed by atoms with Crippen LogP contribution in [0, 0.1) is 25.2 Å². The standard InChI is InChI=1S/C16H15N3O/c1-11-5-6-15(12(2)8-11)19-16(20)13(10-17)9-14-4-3-7-18-14/h3-9,18H,1-2H3,(H,19,20)/b13-9+. The molecule has 1 heterocycles. The summed E-state index contributed by atoms with van der Waals surface area (Å²) < 4.78 is 0. The molecule has 0 radical (unpaired) electrons. The monoisotopic (exact) mass is 265 g/mol. The third kappa shape index (κ3) is 3.15. The normalized spacial score (nSPS) is 10.9. The SMILES string of the molecule is Cc1ccc(NC(=O)/C(C#N)=C/c2ccc[nH]2)c(C)c1. The van der Waals surface area contributed by atoms with Crippen LogP contribution in [0.15, 0.2) is 42.1 Å². The molecule has 2 rings (SSSR count). The number of nitriles is 1. The molecule has 0 fully saturated rings. The van der Waals surface area contributed by atoms with E-state index in [4.69, 9.17) is 5.26 Å². The highest BCUT2D eigenvalue weighted by Crippen LogP contribution is 2.17. The van der Waals surface area contributed by atoms with Gasteiger partial charge in [0.1, 0.15) is 11.6 Å². The first kappa shape index (κ1) is 13.6. The Morgan fingerprint density at radius 1 is 1.35 bits per heavy atom. The van der Waals surface area contributed by atoms with Gasteiger partial charge < -0.3 is 10.3 Å². The van der Waals surface area contributed by atoms with Crippen LogP contribution in [-0.4, -0.2) is 10.9 Å². The highest BCUT2D eigenvalue weighted by atomic mass is 16.1. The van der Waals surface area contributed by atoms with E-state index in [1.807, 2.05) is 44.2 Å². The summed E-state index contributed by atoms with van der Waals surface area (Å²) in [5.74, 6) is -0.408. The number of aromatic nitrogens is 1. The summed E-state index contributed by atoms with van der Waals surface area (Å²) >= 11 is 0. The largest absolute Gasteiger partial charge is 0.362 e. The van der Waals surface area contributed by atoms with E-state index < -0.39 is 5.91 Å². The Morgan fingerprint density at radius 3 is 2.75 bits per heavy atom. The van der Waals surface area contributed by atoms with Gasteiger partial charge in [-0.05, 0) is 43.7 Å². The van der Waals surface area contributed by atoms with Gasteiger partial charge >= 0.3 is 0 Å². The topological polar surface area (TPSA) is 68.7 Å². The lowest BCUT2D eigenvalue weighted by molar-refractivity contribution is -0.112.